The Morgan fingerprint density at radius 3 is 2.76 bits per heavy atom. The van der Waals surface area contributed by atoms with Gasteiger partial charge in [0.05, 0.1) is 0 Å². The maximum Gasteiger partial charge on any atom is 0.131 e. The van der Waals surface area contributed by atoms with Crippen molar-refractivity contribution in [1.82, 2.24) is 9.97 Å². The normalized spacial score (nSPS) is 26.1. The van der Waals surface area contributed by atoms with Crippen molar-refractivity contribution in [2.45, 2.75) is 58.4 Å². The van der Waals surface area contributed by atoms with Gasteiger partial charge >= 0.3 is 0 Å². The Balaban J connectivity index is 2.19. The lowest BCUT2D eigenvalue weighted by Gasteiger charge is -2.12. The summed E-state index contributed by atoms with van der Waals surface area (Å²) in [7, 11) is 0. The first-order valence-corrected chi connectivity index (χ1v) is 6.64. The van der Waals surface area contributed by atoms with E-state index in [0.717, 1.165) is 29.6 Å². The molecule has 17 heavy (non-hydrogen) atoms. The molecule has 1 heterocycles. The highest BCUT2D eigenvalue weighted by Gasteiger charge is 2.25. The summed E-state index contributed by atoms with van der Waals surface area (Å²) in [5.74, 6) is 2.43. The van der Waals surface area contributed by atoms with Gasteiger partial charge in [0.25, 0.3) is 0 Å². The van der Waals surface area contributed by atoms with E-state index >= 15 is 0 Å². The second-order valence-electron chi connectivity index (χ2n) is 5.66. The Morgan fingerprint density at radius 1 is 1.41 bits per heavy atom. The molecule has 1 aromatic heterocycles. The summed E-state index contributed by atoms with van der Waals surface area (Å²) in [6.45, 7) is 6.39. The van der Waals surface area contributed by atoms with E-state index in [2.05, 4.69) is 18.0 Å². The minimum Gasteiger partial charge on any atom is -0.328 e. The predicted octanol–water partition coefficient (Wildman–Crippen LogP) is 2.58. The lowest BCUT2D eigenvalue weighted by atomic mass is 10.0. The van der Waals surface area contributed by atoms with Gasteiger partial charge in [0.1, 0.15) is 5.82 Å². The maximum atomic E-state index is 5.84. The molecule has 0 aliphatic heterocycles. The highest BCUT2D eigenvalue weighted by Crippen LogP contribution is 2.36. The molecule has 0 saturated heterocycles. The van der Waals surface area contributed by atoms with Crippen LogP contribution in [0.15, 0.2) is 6.07 Å². The van der Waals surface area contributed by atoms with Crippen molar-refractivity contribution >= 4 is 0 Å². The largest absolute Gasteiger partial charge is 0.328 e. The van der Waals surface area contributed by atoms with E-state index in [0.29, 0.717) is 5.92 Å². The van der Waals surface area contributed by atoms with E-state index in [1.54, 1.807) is 0 Å². The molecule has 0 spiro atoms. The van der Waals surface area contributed by atoms with Crippen molar-refractivity contribution in [2.75, 3.05) is 0 Å². The third-order valence-electron chi connectivity index (χ3n) is 3.52. The molecule has 94 valence electrons. The van der Waals surface area contributed by atoms with Crippen molar-refractivity contribution < 1.29 is 0 Å². The van der Waals surface area contributed by atoms with Gasteiger partial charge in [-0.25, -0.2) is 9.97 Å². The number of nitrogens with zero attached hydrogens (tertiary/aromatic N) is 2. The minimum absolute atomic E-state index is 0.166. The van der Waals surface area contributed by atoms with Crippen LogP contribution in [0.25, 0.3) is 0 Å². The lowest BCUT2D eigenvalue weighted by molar-refractivity contribution is 0.581. The monoisotopic (exact) mass is 233 g/mol. The topological polar surface area (TPSA) is 51.8 Å². The molecular formula is C14H23N3. The van der Waals surface area contributed by atoms with Crippen LogP contribution in [0, 0.1) is 12.8 Å². The van der Waals surface area contributed by atoms with Gasteiger partial charge in [0.15, 0.2) is 0 Å². The van der Waals surface area contributed by atoms with Crippen LogP contribution < -0.4 is 5.73 Å². The number of aryl methyl sites for hydroxylation is 1. The van der Waals surface area contributed by atoms with Crippen molar-refractivity contribution in [3.8, 4) is 0 Å². The number of aromatic nitrogens is 2. The van der Waals surface area contributed by atoms with Gasteiger partial charge in [0, 0.05) is 29.8 Å². The summed E-state index contributed by atoms with van der Waals surface area (Å²) in [6, 6.07) is 2.23. The van der Waals surface area contributed by atoms with Crippen LogP contribution in [0.2, 0.25) is 0 Å². The van der Waals surface area contributed by atoms with Crippen molar-refractivity contribution in [3.63, 3.8) is 0 Å². The number of hydrogen-bond acceptors (Lipinski definition) is 3. The molecule has 0 aromatic carbocycles. The molecule has 0 bridgehead atoms. The quantitative estimate of drug-likeness (QED) is 0.873. The molecular weight excluding hydrogens is 210 g/mol. The molecule has 0 amide bonds. The smallest absolute Gasteiger partial charge is 0.131 e. The molecule has 3 heteroatoms. The maximum absolute atomic E-state index is 5.84. The second-order valence-corrected chi connectivity index (χ2v) is 5.66. The Labute approximate surface area is 104 Å². The Hall–Kier alpha value is -0.960. The first-order chi connectivity index (χ1) is 8.04. The van der Waals surface area contributed by atoms with Crippen LogP contribution in [0.3, 0.4) is 0 Å². The van der Waals surface area contributed by atoms with Gasteiger partial charge in [-0.2, -0.15) is 0 Å². The van der Waals surface area contributed by atoms with Crippen LogP contribution in [0.1, 0.15) is 56.2 Å². The SMILES string of the molecule is Cc1cc(CC(C)N)nc(C2CCC(C)C2)n1. The second kappa shape index (κ2) is 5.13. The molecule has 2 N–H and O–H groups in total. The first kappa shape index (κ1) is 12.5. The van der Waals surface area contributed by atoms with Crippen LogP contribution in [0.5, 0.6) is 0 Å². The lowest BCUT2D eigenvalue weighted by Crippen LogP contribution is -2.19. The van der Waals surface area contributed by atoms with Crippen molar-refractivity contribution in [3.05, 3.63) is 23.3 Å². The highest BCUT2D eigenvalue weighted by molar-refractivity contribution is 5.14. The molecule has 1 aliphatic carbocycles. The van der Waals surface area contributed by atoms with E-state index < -0.39 is 0 Å². The van der Waals surface area contributed by atoms with E-state index in [4.69, 9.17) is 10.7 Å². The Kier molecular flexibility index (Phi) is 3.77. The van der Waals surface area contributed by atoms with Crippen LogP contribution in [0.4, 0.5) is 0 Å². The zero-order valence-corrected chi connectivity index (χ0v) is 11.1. The van der Waals surface area contributed by atoms with Gasteiger partial charge in [-0.3, -0.25) is 0 Å². The van der Waals surface area contributed by atoms with Gasteiger partial charge < -0.3 is 5.73 Å². The summed E-state index contributed by atoms with van der Waals surface area (Å²) >= 11 is 0. The van der Waals surface area contributed by atoms with E-state index in [1.165, 1.54) is 19.3 Å². The highest BCUT2D eigenvalue weighted by atomic mass is 14.9. The average molecular weight is 233 g/mol. The summed E-state index contributed by atoms with van der Waals surface area (Å²) < 4.78 is 0. The van der Waals surface area contributed by atoms with E-state index in [-0.39, 0.29) is 6.04 Å². The van der Waals surface area contributed by atoms with E-state index in [9.17, 15) is 0 Å². The molecule has 3 nitrogen and oxygen atoms in total. The molecule has 1 saturated carbocycles. The number of nitrogens with two attached hydrogens (primary N) is 1. The van der Waals surface area contributed by atoms with Gasteiger partial charge in [-0.05, 0) is 45.1 Å². The summed E-state index contributed by atoms with van der Waals surface area (Å²) in [5.41, 5.74) is 8.01. The summed E-state index contributed by atoms with van der Waals surface area (Å²) in [5, 5.41) is 0. The molecule has 1 fully saturated rings. The number of rotatable bonds is 3. The minimum atomic E-state index is 0.166. The van der Waals surface area contributed by atoms with Crippen LogP contribution >= 0.6 is 0 Å². The summed E-state index contributed by atoms with van der Waals surface area (Å²) in [6.07, 6.45) is 4.63. The fraction of sp³-hybridized carbons (Fsp3) is 0.714. The summed E-state index contributed by atoms with van der Waals surface area (Å²) in [4.78, 5) is 9.30. The fourth-order valence-electron chi connectivity index (χ4n) is 2.72. The molecule has 0 radical (unpaired) electrons. The van der Waals surface area contributed by atoms with Gasteiger partial charge in [-0.15, -0.1) is 0 Å². The predicted molar refractivity (Wildman–Crippen MR) is 69.9 cm³/mol. The first-order valence-electron chi connectivity index (χ1n) is 6.64. The van der Waals surface area contributed by atoms with Crippen LogP contribution in [-0.4, -0.2) is 16.0 Å². The third kappa shape index (κ3) is 3.25. The Bertz CT molecular complexity index is 387. The van der Waals surface area contributed by atoms with Crippen molar-refractivity contribution in [2.24, 2.45) is 11.7 Å². The van der Waals surface area contributed by atoms with Gasteiger partial charge in [-0.1, -0.05) is 6.92 Å². The van der Waals surface area contributed by atoms with Crippen LogP contribution in [-0.2, 0) is 6.42 Å². The fourth-order valence-corrected chi connectivity index (χ4v) is 2.72. The standard InChI is InChI=1S/C14H23N3/c1-9-4-5-12(6-9)14-16-11(3)8-13(17-14)7-10(2)15/h8-10,12H,4-7,15H2,1-3H3. The molecule has 3 atom stereocenters. The third-order valence-corrected chi connectivity index (χ3v) is 3.52. The Morgan fingerprint density at radius 2 is 2.18 bits per heavy atom. The molecule has 2 rings (SSSR count). The average Bonchev–Trinajstić information content (AvgIpc) is 2.62. The number of hydrogen-bond donors (Lipinski definition) is 1. The zero-order chi connectivity index (χ0) is 12.4. The molecule has 3 unspecified atom stereocenters. The molecule has 1 aromatic rings. The zero-order valence-electron chi connectivity index (χ0n) is 11.1. The molecule has 1 aliphatic rings. The van der Waals surface area contributed by atoms with Crippen molar-refractivity contribution in [1.29, 1.82) is 0 Å². The van der Waals surface area contributed by atoms with Gasteiger partial charge in [0.2, 0.25) is 0 Å². The van der Waals surface area contributed by atoms with E-state index in [1.807, 2.05) is 13.8 Å².